The second-order valence-corrected chi connectivity index (χ2v) is 11.8. The first kappa shape index (κ1) is 31.3. The number of carbonyl (C=O) groups is 2. The Bertz CT molecular complexity index is 1000. The van der Waals surface area contributed by atoms with Gasteiger partial charge in [0.05, 0.1) is 19.8 Å². The maximum absolute atomic E-state index is 12.2. The number of piperidine rings is 1. The summed E-state index contributed by atoms with van der Waals surface area (Å²) in [7, 11) is 0. The first-order chi connectivity index (χ1) is 19.3. The lowest BCUT2D eigenvalue weighted by Crippen LogP contribution is -2.69. The summed E-state index contributed by atoms with van der Waals surface area (Å²) >= 11 is 0. The van der Waals surface area contributed by atoms with E-state index >= 15 is 0 Å². The molecule has 12 heteroatoms. The van der Waals surface area contributed by atoms with Gasteiger partial charge in [-0.1, -0.05) is 12.1 Å². The molecular weight excluding hydrogens is 538 g/mol. The summed E-state index contributed by atoms with van der Waals surface area (Å²) in [5, 5.41) is 2.00. The summed E-state index contributed by atoms with van der Waals surface area (Å²) in [5.74, 6) is -2.10. The van der Waals surface area contributed by atoms with Crippen molar-refractivity contribution < 1.29 is 52.3 Å². The van der Waals surface area contributed by atoms with Crippen molar-refractivity contribution in [3.05, 3.63) is 29.8 Å². The number of rotatable bonds is 10. The van der Waals surface area contributed by atoms with Crippen molar-refractivity contribution in [2.45, 2.75) is 96.2 Å². The normalized spacial score (nSPS) is 24.6. The van der Waals surface area contributed by atoms with Gasteiger partial charge in [-0.25, -0.2) is 9.59 Å². The molecule has 41 heavy (non-hydrogen) atoms. The number of benzene rings is 1. The van der Waals surface area contributed by atoms with Gasteiger partial charge >= 0.3 is 18.1 Å². The topological polar surface area (TPSA) is 124 Å². The summed E-state index contributed by atoms with van der Waals surface area (Å²) in [6.45, 7) is 14.5. The van der Waals surface area contributed by atoms with Crippen LogP contribution in [0.4, 0.5) is 9.59 Å². The predicted molar refractivity (Wildman–Crippen MR) is 144 cm³/mol. The number of epoxide rings is 1. The van der Waals surface area contributed by atoms with Gasteiger partial charge in [-0.05, 0) is 66.2 Å². The molecule has 2 unspecified atom stereocenters. The molecule has 2 atom stereocenters. The van der Waals surface area contributed by atoms with E-state index in [9.17, 15) is 9.59 Å². The molecule has 0 N–H and O–H groups in total. The Hall–Kier alpha value is -2.64. The highest BCUT2D eigenvalue weighted by Crippen LogP contribution is 2.49. The van der Waals surface area contributed by atoms with Gasteiger partial charge in [0.25, 0.3) is 0 Å². The number of carbonyl (C=O) groups excluding carboxylic acids is 2. The van der Waals surface area contributed by atoms with Crippen molar-refractivity contribution >= 4 is 12.3 Å². The van der Waals surface area contributed by atoms with Gasteiger partial charge in [0.1, 0.15) is 37.8 Å². The number of hydrogen-bond acceptors (Lipinski definition) is 12. The molecule has 0 aliphatic carbocycles. The lowest BCUT2D eigenvalue weighted by molar-refractivity contribution is -0.413. The molecule has 0 amide bonds. The minimum atomic E-state index is -1.85. The minimum absolute atomic E-state index is 0.0877. The van der Waals surface area contributed by atoms with Crippen LogP contribution in [0.1, 0.15) is 73.0 Å². The third-order valence-corrected chi connectivity index (χ3v) is 7.13. The average Bonchev–Trinajstić information content (AvgIpc) is 3.72. The Morgan fingerprint density at radius 1 is 0.927 bits per heavy atom. The Morgan fingerprint density at radius 2 is 1.44 bits per heavy atom. The highest BCUT2D eigenvalue weighted by atomic mass is 16.9. The molecule has 0 saturated carbocycles. The number of hydrogen-bond donors (Lipinski definition) is 0. The van der Waals surface area contributed by atoms with Gasteiger partial charge in [0.15, 0.2) is 5.79 Å². The summed E-state index contributed by atoms with van der Waals surface area (Å²) < 4.78 is 43.9. The van der Waals surface area contributed by atoms with E-state index in [2.05, 4.69) is 27.7 Å². The van der Waals surface area contributed by atoms with Gasteiger partial charge < -0.3 is 37.9 Å². The van der Waals surface area contributed by atoms with Crippen molar-refractivity contribution in [2.75, 3.05) is 39.6 Å². The van der Waals surface area contributed by atoms with E-state index < -0.39 is 35.0 Å². The molecule has 1 aromatic carbocycles. The molecule has 3 fully saturated rings. The monoisotopic (exact) mass is 581 g/mol. The Morgan fingerprint density at radius 3 is 1.90 bits per heavy atom. The van der Waals surface area contributed by atoms with Crippen LogP contribution < -0.4 is 4.74 Å². The molecule has 0 bridgehead atoms. The number of ether oxygens (including phenoxy) is 8. The zero-order valence-corrected chi connectivity index (χ0v) is 25.1. The molecular formula is C29H43NO11. The fourth-order valence-corrected chi connectivity index (χ4v) is 5.54. The first-order valence-corrected chi connectivity index (χ1v) is 14.1. The van der Waals surface area contributed by atoms with Gasteiger partial charge in [-0.3, -0.25) is 4.84 Å². The van der Waals surface area contributed by atoms with Crippen molar-refractivity contribution in [1.82, 2.24) is 5.06 Å². The fraction of sp³-hybridized carbons (Fsp3) is 0.724. The van der Waals surface area contributed by atoms with Gasteiger partial charge in [0.2, 0.25) is 0 Å². The summed E-state index contributed by atoms with van der Waals surface area (Å²) in [5.41, 5.74) is -0.0604. The molecule has 4 rings (SSSR count). The minimum Gasteiger partial charge on any atom is -0.491 e. The molecule has 1 aromatic rings. The molecule has 0 radical (unpaired) electrons. The molecule has 230 valence electrons. The van der Waals surface area contributed by atoms with Gasteiger partial charge in [-0.15, -0.1) is 0 Å². The van der Waals surface area contributed by atoms with E-state index in [0.717, 1.165) is 17.9 Å². The number of hydroxylamine groups is 2. The molecule has 12 nitrogen and oxygen atoms in total. The van der Waals surface area contributed by atoms with E-state index in [0.29, 0.717) is 19.4 Å². The van der Waals surface area contributed by atoms with E-state index in [1.165, 1.54) is 0 Å². The summed E-state index contributed by atoms with van der Waals surface area (Å²) in [6.07, 6.45) is -1.18. The maximum atomic E-state index is 12.2. The zero-order valence-electron chi connectivity index (χ0n) is 25.1. The van der Waals surface area contributed by atoms with Crippen molar-refractivity contribution in [3.8, 4) is 5.75 Å². The molecule has 3 aliphatic heterocycles. The zero-order chi connectivity index (χ0) is 29.9. The van der Waals surface area contributed by atoms with Crippen LogP contribution in [0.5, 0.6) is 5.75 Å². The van der Waals surface area contributed by atoms with Crippen LogP contribution in [-0.4, -0.2) is 85.8 Å². The van der Waals surface area contributed by atoms with E-state index in [4.69, 9.17) is 42.7 Å². The van der Waals surface area contributed by atoms with Crippen molar-refractivity contribution in [2.24, 2.45) is 0 Å². The largest absolute Gasteiger partial charge is 0.511 e. The maximum Gasteiger partial charge on any atom is 0.511 e. The Labute approximate surface area is 241 Å². The van der Waals surface area contributed by atoms with Gasteiger partial charge in [0, 0.05) is 23.9 Å². The fourth-order valence-electron chi connectivity index (χ4n) is 5.54. The van der Waals surface area contributed by atoms with E-state index in [-0.39, 0.29) is 38.6 Å². The van der Waals surface area contributed by atoms with E-state index in [1.807, 2.05) is 36.3 Å². The third-order valence-electron chi connectivity index (χ3n) is 7.13. The standard InChI is InChI=1S/C29H43NO11/c1-8-33-24(31)39-29(40-25(32)34-9-2)18-37-28(38-19-29)16-26(4,5)30(27(6,7)17-28)41-20(3)21-10-12-22(13-11-21)35-14-23-15-36-23/h10-13,20,23H,8-9,14-19H2,1-7H3. The van der Waals surface area contributed by atoms with Crippen LogP contribution in [0.2, 0.25) is 0 Å². The van der Waals surface area contributed by atoms with Crippen molar-refractivity contribution in [3.63, 3.8) is 0 Å². The van der Waals surface area contributed by atoms with E-state index in [1.54, 1.807) is 13.8 Å². The SMILES string of the molecule is CCOC(=O)OC1(OC(=O)OCC)COC2(CC(C)(C)N(OC(C)c3ccc(OCC4CO4)cc3)C(C)(C)C2)OC1. The predicted octanol–water partition coefficient (Wildman–Crippen LogP) is 4.90. The average molecular weight is 582 g/mol. The molecule has 3 aliphatic rings. The van der Waals surface area contributed by atoms with Crippen LogP contribution in [0.3, 0.4) is 0 Å². The molecule has 3 saturated heterocycles. The molecule has 3 heterocycles. The van der Waals surface area contributed by atoms with Crippen LogP contribution in [0.25, 0.3) is 0 Å². The molecule has 1 spiro atoms. The Kier molecular flexibility index (Phi) is 9.39. The first-order valence-electron chi connectivity index (χ1n) is 14.1. The Balaban J connectivity index is 1.42. The molecule has 0 aromatic heterocycles. The van der Waals surface area contributed by atoms with Crippen LogP contribution in [0.15, 0.2) is 24.3 Å². The smallest absolute Gasteiger partial charge is 0.491 e. The lowest BCUT2D eigenvalue weighted by atomic mass is 9.77. The van der Waals surface area contributed by atoms with Crippen molar-refractivity contribution in [1.29, 1.82) is 0 Å². The number of nitrogens with zero attached hydrogens (tertiary/aromatic N) is 1. The second-order valence-electron chi connectivity index (χ2n) is 11.8. The third kappa shape index (κ3) is 7.81. The highest BCUT2D eigenvalue weighted by Gasteiger charge is 2.60. The quantitative estimate of drug-likeness (QED) is 0.212. The summed E-state index contributed by atoms with van der Waals surface area (Å²) in [6, 6.07) is 7.87. The second kappa shape index (κ2) is 12.3. The van der Waals surface area contributed by atoms with Crippen LogP contribution >= 0.6 is 0 Å². The lowest BCUT2D eigenvalue weighted by Gasteiger charge is -2.59. The van der Waals surface area contributed by atoms with Crippen LogP contribution in [-0.2, 0) is 38.0 Å². The summed E-state index contributed by atoms with van der Waals surface area (Å²) in [4.78, 5) is 30.9. The van der Waals surface area contributed by atoms with Crippen LogP contribution in [0, 0.1) is 0 Å². The van der Waals surface area contributed by atoms with Gasteiger partial charge in [-0.2, -0.15) is 5.06 Å². The highest BCUT2D eigenvalue weighted by molar-refractivity contribution is 5.63.